The van der Waals surface area contributed by atoms with E-state index in [-0.39, 0.29) is 0 Å². The van der Waals surface area contributed by atoms with Crippen molar-refractivity contribution < 1.29 is 4.42 Å². The maximum atomic E-state index is 7.01. The number of rotatable bonds is 5. The highest BCUT2D eigenvalue weighted by Crippen LogP contribution is 2.49. The molecule has 10 aromatic rings. The fourth-order valence-corrected chi connectivity index (χ4v) is 8.59. The van der Waals surface area contributed by atoms with E-state index in [0.717, 1.165) is 39.0 Å². The number of fused-ring (bicyclic) bond motifs is 8. The molecule has 49 heavy (non-hydrogen) atoms. The van der Waals surface area contributed by atoms with Gasteiger partial charge in [0.2, 0.25) is 0 Å². The molecular weight excluding hydrogens is 615 g/mol. The number of anilines is 3. The highest BCUT2D eigenvalue weighted by atomic mass is 32.1. The first-order valence-corrected chi connectivity index (χ1v) is 17.4. The maximum Gasteiger partial charge on any atom is 0.159 e. The molecule has 0 amide bonds. The SMILES string of the molecule is c1ccc(-c2ccc(N(c3cccc4c3oc3cc(-c5ccccc5)c5ccccc5c34)c3cccc4sc5ccccc5c34)cc2)cc1. The van der Waals surface area contributed by atoms with Crippen LogP contribution in [-0.2, 0) is 0 Å². The van der Waals surface area contributed by atoms with Crippen LogP contribution >= 0.6 is 11.3 Å². The van der Waals surface area contributed by atoms with Gasteiger partial charge in [-0.15, -0.1) is 11.3 Å². The number of hydrogen-bond acceptors (Lipinski definition) is 3. The Morgan fingerprint density at radius 1 is 0.408 bits per heavy atom. The third-order valence-electron chi connectivity index (χ3n) is 9.66. The van der Waals surface area contributed by atoms with Gasteiger partial charge in [-0.05, 0) is 75.5 Å². The third-order valence-corrected chi connectivity index (χ3v) is 10.8. The lowest BCUT2D eigenvalue weighted by molar-refractivity contribution is 0.669. The largest absolute Gasteiger partial charge is 0.454 e. The second-order valence-corrected chi connectivity index (χ2v) is 13.5. The van der Waals surface area contributed by atoms with Crippen molar-refractivity contribution in [2.24, 2.45) is 0 Å². The zero-order valence-corrected chi connectivity index (χ0v) is 27.3. The first-order chi connectivity index (χ1) is 24.3. The molecule has 2 nitrogen and oxygen atoms in total. The average molecular weight is 644 g/mol. The first kappa shape index (κ1) is 27.9. The predicted octanol–water partition coefficient (Wildman–Crippen LogP) is 13.9. The Morgan fingerprint density at radius 2 is 1.00 bits per heavy atom. The van der Waals surface area contributed by atoms with Crippen molar-refractivity contribution in [1.82, 2.24) is 0 Å². The molecule has 0 saturated heterocycles. The summed E-state index contributed by atoms with van der Waals surface area (Å²) in [5.41, 5.74) is 9.71. The minimum Gasteiger partial charge on any atom is -0.454 e. The lowest BCUT2D eigenvalue weighted by Gasteiger charge is -2.26. The van der Waals surface area contributed by atoms with E-state index in [9.17, 15) is 0 Å². The summed E-state index contributed by atoms with van der Waals surface area (Å²) in [5, 5.41) is 7.18. The van der Waals surface area contributed by atoms with Crippen molar-refractivity contribution in [1.29, 1.82) is 0 Å². The van der Waals surface area contributed by atoms with Gasteiger partial charge in [0.05, 0.1) is 11.4 Å². The Balaban J connectivity index is 1.27. The molecule has 0 aliphatic carbocycles. The van der Waals surface area contributed by atoms with E-state index in [1.54, 1.807) is 0 Å². The summed E-state index contributed by atoms with van der Waals surface area (Å²) in [6.45, 7) is 0. The summed E-state index contributed by atoms with van der Waals surface area (Å²) < 4.78 is 9.56. The van der Waals surface area contributed by atoms with E-state index in [4.69, 9.17) is 4.42 Å². The van der Waals surface area contributed by atoms with E-state index in [0.29, 0.717) is 0 Å². The zero-order valence-electron chi connectivity index (χ0n) is 26.5. The van der Waals surface area contributed by atoms with Crippen LogP contribution in [-0.4, -0.2) is 0 Å². The molecule has 0 saturated carbocycles. The molecule has 0 unspecified atom stereocenters. The van der Waals surface area contributed by atoms with Crippen LogP contribution in [0.5, 0.6) is 0 Å². The Labute approximate surface area is 287 Å². The molecule has 0 N–H and O–H groups in total. The Kier molecular flexibility index (Phi) is 6.39. The second kappa shape index (κ2) is 11.2. The van der Waals surface area contributed by atoms with Gasteiger partial charge in [0.15, 0.2) is 5.58 Å². The summed E-state index contributed by atoms with van der Waals surface area (Å²) in [7, 11) is 0. The van der Waals surface area contributed by atoms with Gasteiger partial charge in [0.1, 0.15) is 5.58 Å². The van der Waals surface area contributed by atoms with Crippen LogP contribution in [0.15, 0.2) is 180 Å². The van der Waals surface area contributed by atoms with Gasteiger partial charge in [0, 0.05) is 36.6 Å². The van der Waals surface area contributed by atoms with Gasteiger partial charge in [-0.2, -0.15) is 0 Å². The van der Waals surface area contributed by atoms with Gasteiger partial charge in [0.25, 0.3) is 0 Å². The molecule has 0 bridgehead atoms. The molecule has 8 aromatic carbocycles. The normalized spacial score (nSPS) is 11.7. The topological polar surface area (TPSA) is 16.4 Å². The zero-order chi connectivity index (χ0) is 32.3. The van der Waals surface area contributed by atoms with E-state index in [1.807, 2.05) is 11.3 Å². The molecular formula is C46H29NOS. The number of furan rings is 1. The summed E-state index contributed by atoms with van der Waals surface area (Å²) in [6, 6.07) is 63.0. The van der Waals surface area contributed by atoms with Crippen molar-refractivity contribution >= 4 is 81.3 Å². The van der Waals surface area contributed by atoms with E-state index in [1.165, 1.54) is 53.2 Å². The summed E-state index contributed by atoms with van der Waals surface area (Å²) in [4.78, 5) is 2.39. The Bertz CT molecular complexity index is 2810. The molecule has 0 aliphatic heterocycles. The van der Waals surface area contributed by atoms with Gasteiger partial charge < -0.3 is 9.32 Å². The number of para-hydroxylation sites is 1. The molecule has 0 spiro atoms. The molecule has 2 aromatic heterocycles. The monoisotopic (exact) mass is 643 g/mol. The van der Waals surface area contributed by atoms with E-state index < -0.39 is 0 Å². The van der Waals surface area contributed by atoms with Crippen LogP contribution in [0.25, 0.3) is 75.1 Å². The van der Waals surface area contributed by atoms with Crippen molar-refractivity contribution in [2.45, 2.75) is 0 Å². The van der Waals surface area contributed by atoms with Crippen molar-refractivity contribution in [3.05, 3.63) is 176 Å². The smallest absolute Gasteiger partial charge is 0.159 e. The van der Waals surface area contributed by atoms with Crippen LogP contribution < -0.4 is 4.90 Å². The van der Waals surface area contributed by atoms with Crippen LogP contribution in [0.4, 0.5) is 17.1 Å². The number of nitrogens with zero attached hydrogens (tertiary/aromatic N) is 1. The third kappa shape index (κ3) is 4.47. The van der Waals surface area contributed by atoms with Crippen LogP contribution in [0.3, 0.4) is 0 Å². The summed E-state index contributed by atoms with van der Waals surface area (Å²) >= 11 is 1.84. The fraction of sp³-hybridized carbons (Fsp3) is 0. The molecule has 0 radical (unpaired) electrons. The van der Waals surface area contributed by atoms with Gasteiger partial charge >= 0.3 is 0 Å². The molecule has 0 fully saturated rings. The maximum absolute atomic E-state index is 7.01. The Morgan fingerprint density at radius 3 is 1.80 bits per heavy atom. The fourth-order valence-electron chi connectivity index (χ4n) is 7.46. The minimum atomic E-state index is 0.872. The molecule has 0 atom stereocenters. The van der Waals surface area contributed by atoms with Gasteiger partial charge in [-0.25, -0.2) is 0 Å². The lowest BCUT2D eigenvalue weighted by atomic mass is 9.95. The van der Waals surface area contributed by atoms with Crippen LogP contribution in [0, 0.1) is 0 Å². The number of benzene rings is 8. The van der Waals surface area contributed by atoms with E-state index >= 15 is 0 Å². The molecule has 0 aliphatic rings. The lowest BCUT2D eigenvalue weighted by Crippen LogP contribution is -2.10. The van der Waals surface area contributed by atoms with Crippen molar-refractivity contribution in [3.8, 4) is 22.3 Å². The average Bonchev–Trinajstić information content (AvgIpc) is 3.75. The molecule has 3 heteroatoms. The van der Waals surface area contributed by atoms with Crippen molar-refractivity contribution in [2.75, 3.05) is 4.90 Å². The van der Waals surface area contributed by atoms with Crippen LogP contribution in [0.1, 0.15) is 0 Å². The van der Waals surface area contributed by atoms with E-state index in [2.05, 4.69) is 181 Å². The molecule has 230 valence electrons. The number of hydrogen-bond donors (Lipinski definition) is 0. The van der Waals surface area contributed by atoms with Crippen LogP contribution in [0.2, 0.25) is 0 Å². The quantitative estimate of drug-likeness (QED) is 0.186. The second-order valence-electron chi connectivity index (χ2n) is 12.5. The first-order valence-electron chi connectivity index (χ1n) is 16.6. The predicted molar refractivity (Wildman–Crippen MR) is 210 cm³/mol. The standard InChI is InChI=1S/C46H29NOS/c1-3-13-30(14-4-1)31-25-27-33(28-26-31)47(39-21-12-24-43-45(39)36-19-9-10-23-42(36)49-43)40-22-11-20-37-44-35-18-8-7-17-34(35)38(29-41(44)48-46(37)40)32-15-5-2-6-16-32/h1-29H. The van der Waals surface area contributed by atoms with Crippen molar-refractivity contribution in [3.63, 3.8) is 0 Å². The molecule has 2 heterocycles. The van der Waals surface area contributed by atoms with Gasteiger partial charge in [-0.1, -0.05) is 133 Å². The molecule has 10 rings (SSSR count). The highest BCUT2D eigenvalue weighted by molar-refractivity contribution is 7.26. The number of thiophene rings is 1. The summed E-state index contributed by atoms with van der Waals surface area (Å²) in [5.74, 6) is 0. The Hall–Kier alpha value is -6.16. The minimum absolute atomic E-state index is 0.872. The summed E-state index contributed by atoms with van der Waals surface area (Å²) in [6.07, 6.45) is 0. The highest BCUT2D eigenvalue weighted by Gasteiger charge is 2.24. The van der Waals surface area contributed by atoms with Gasteiger partial charge in [-0.3, -0.25) is 0 Å².